The van der Waals surface area contributed by atoms with Crippen molar-refractivity contribution in [3.8, 4) is 5.75 Å². The molecular weight excluding hydrogens is 268 g/mol. The Labute approximate surface area is 124 Å². The van der Waals surface area contributed by atoms with E-state index in [2.05, 4.69) is 4.98 Å². The number of rotatable bonds is 5. The minimum atomic E-state index is -0.359. The highest BCUT2D eigenvalue weighted by Gasteiger charge is 2.19. The molecule has 5 heteroatoms. The Balaban J connectivity index is 2.39. The van der Waals surface area contributed by atoms with E-state index in [1.807, 2.05) is 36.6 Å². The van der Waals surface area contributed by atoms with Crippen molar-refractivity contribution >= 4 is 5.97 Å². The lowest BCUT2D eigenvalue weighted by molar-refractivity contribution is 0.0512. The van der Waals surface area contributed by atoms with Gasteiger partial charge in [0.05, 0.1) is 32.3 Å². The van der Waals surface area contributed by atoms with Crippen molar-refractivity contribution in [1.29, 1.82) is 0 Å². The third kappa shape index (κ3) is 3.07. The summed E-state index contributed by atoms with van der Waals surface area (Å²) in [5.74, 6) is 0.433. The molecule has 0 saturated carbocycles. The van der Waals surface area contributed by atoms with E-state index in [0.29, 0.717) is 12.3 Å². The molecule has 0 saturated heterocycles. The second-order valence-electron chi connectivity index (χ2n) is 4.81. The van der Waals surface area contributed by atoms with E-state index >= 15 is 0 Å². The molecule has 1 aromatic heterocycles. The molecule has 0 N–H and O–H groups in total. The van der Waals surface area contributed by atoms with Gasteiger partial charge in [-0.1, -0.05) is 6.07 Å². The van der Waals surface area contributed by atoms with E-state index in [0.717, 1.165) is 16.9 Å². The highest BCUT2D eigenvalue weighted by molar-refractivity contribution is 5.87. The second-order valence-corrected chi connectivity index (χ2v) is 4.81. The Hall–Kier alpha value is -2.30. The van der Waals surface area contributed by atoms with Gasteiger partial charge in [0.15, 0.2) is 0 Å². The quantitative estimate of drug-likeness (QED) is 0.794. The number of methoxy groups -OCH3 is 1. The maximum Gasteiger partial charge on any atom is 0.356 e. The first kappa shape index (κ1) is 15.1. The van der Waals surface area contributed by atoms with E-state index in [9.17, 15) is 4.79 Å². The van der Waals surface area contributed by atoms with Crippen LogP contribution in [-0.4, -0.2) is 29.2 Å². The van der Waals surface area contributed by atoms with Gasteiger partial charge in [-0.2, -0.15) is 0 Å². The predicted molar refractivity (Wildman–Crippen MR) is 79.7 cm³/mol. The lowest BCUT2D eigenvalue weighted by atomic mass is 10.0. The van der Waals surface area contributed by atoms with Gasteiger partial charge in [0.25, 0.3) is 0 Å². The number of hydrogen-bond donors (Lipinski definition) is 0. The average Bonchev–Trinajstić information content (AvgIpc) is 2.97. The van der Waals surface area contributed by atoms with E-state index in [1.54, 1.807) is 20.4 Å². The molecule has 5 nitrogen and oxygen atoms in total. The van der Waals surface area contributed by atoms with Gasteiger partial charge in [-0.3, -0.25) is 0 Å². The van der Waals surface area contributed by atoms with Crippen molar-refractivity contribution in [2.45, 2.75) is 26.8 Å². The van der Waals surface area contributed by atoms with Crippen LogP contribution in [0.25, 0.3) is 0 Å². The molecule has 0 aliphatic carbocycles. The summed E-state index contributed by atoms with van der Waals surface area (Å²) in [6.45, 7) is 6.18. The van der Waals surface area contributed by atoms with Gasteiger partial charge < -0.3 is 14.0 Å². The number of carbonyl (C=O) groups is 1. The highest BCUT2D eigenvalue weighted by atomic mass is 16.5. The van der Waals surface area contributed by atoms with Crippen LogP contribution in [-0.2, 0) is 4.74 Å². The first-order valence-electron chi connectivity index (χ1n) is 6.92. The van der Waals surface area contributed by atoms with Crippen LogP contribution in [0.1, 0.15) is 41.5 Å². The molecule has 1 heterocycles. The summed E-state index contributed by atoms with van der Waals surface area (Å²) in [6, 6.07) is 5.87. The van der Waals surface area contributed by atoms with E-state index in [-0.39, 0.29) is 12.0 Å². The third-order valence-electron chi connectivity index (χ3n) is 3.50. The summed E-state index contributed by atoms with van der Waals surface area (Å²) in [7, 11) is 1.64. The van der Waals surface area contributed by atoms with Gasteiger partial charge in [0, 0.05) is 0 Å². The molecule has 0 aliphatic rings. The van der Waals surface area contributed by atoms with Gasteiger partial charge in [0.1, 0.15) is 11.4 Å². The molecule has 2 aromatic rings. The normalized spacial score (nSPS) is 12.0. The zero-order valence-electron chi connectivity index (χ0n) is 12.8. The Morgan fingerprint density at radius 3 is 2.86 bits per heavy atom. The summed E-state index contributed by atoms with van der Waals surface area (Å²) >= 11 is 0. The number of aromatic nitrogens is 2. The van der Waals surface area contributed by atoms with Gasteiger partial charge >= 0.3 is 5.97 Å². The number of carbonyl (C=O) groups excluding carboxylic acids is 1. The van der Waals surface area contributed by atoms with Crippen LogP contribution < -0.4 is 4.74 Å². The van der Waals surface area contributed by atoms with E-state index in [1.165, 1.54) is 6.20 Å². The Bertz CT molecular complexity index is 634. The molecule has 0 spiro atoms. The number of aryl methyl sites for hydroxylation is 1. The predicted octanol–water partition coefficient (Wildman–Crippen LogP) is 2.99. The molecule has 21 heavy (non-hydrogen) atoms. The first-order chi connectivity index (χ1) is 10.1. The topological polar surface area (TPSA) is 53.3 Å². The maximum absolute atomic E-state index is 12.0. The van der Waals surface area contributed by atoms with Crippen LogP contribution in [0.3, 0.4) is 0 Å². The van der Waals surface area contributed by atoms with Crippen LogP contribution in [0.15, 0.2) is 30.7 Å². The molecule has 0 fully saturated rings. The highest BCUT2D eigenvalue weighted by Crippen LogP contribution is 2.27. The first-order valence-corrected chi connectivity index (χ1v) is 6.92. The van der Waals surface area contributed by atoms with Crippen LogP contribution >= 0.6 is 0 Å². The summed E-state index contributed by atoms with van der Waals surface area (Å²) in [5, 5.41) is 0. The van der Waals surface area contributed by atoms with Crippen molar-refractivity contribution in [3.05, 3.63) is 47.5 Å². The Morgan fingerprint density at radius 1 is 1.43 bits per heavy atom. The van der Waals surface area contributed by atoms with Gasteiger partial charge in [0.2, 0.25) is 0 Å². The largest absolute Gasteiger partial charge is 0.497 e. The fraction of sp³-hybridized carbons (Fsp3) is 0.375. The van der Waals surface area contributed by atoms with E-state index in [4.69, 9.17) is 9.47 Å². The number of esters is 1. The summed E-state index contributed by atoms with van der Waals surface area (Å²) < 4.78 is 12.2. The minimum absolute atomic E-state index is 0.0398. The number of ether oxygens (including phenoxy) is 2. The molecule has 112 valence electrons. The van der Waals surface area contributed by atoms with Gasteiger partial charge in [-0.05, 0) is 44.0 Å². The molecule has 0 amide bonds. The monoisotopic (exact) mass is 288 g/mol. The fourth-order valence-electron chi connectivity index (χ4n) is 2.32. The summed E-state index contributed by atoms with van der Waals surface area (Å²) in [4.78, 5) is 16.0. The fourth-order valence-corrected chi connectivity index (χ4v) is 2.32. The molecule has 0 radical (unpaired) electrons. The van der Waals surface area contributed by atoms with Crippen LogP contribution in [0, 0.1) is 6.92 Å². The zero-order valence-corrected chi connectivity index (χ0v) is 12.8. The average molecular weight is 288 g/mol. The smallest absolute Gasteiger partial charge is 0.356 e. The zero-order chi connectivity index (χ0) is 15.4. The van der Waals surface area contributed by atoms with Crippen LogP contribution in [0.5, 0.6) is 5.75 Å². The van der Waals surface area contributed by atoms with E-state index < -0.39 is 0 Å². The molecular formula is C16H20N2O3. The van der Waals surface area contributed by atoms with Crippen molar-refractivity contribution in [2.75, 3.05) is 13.7 Å². The maximum atomic E-state index is 12.0. The number of nitrogens with zero attached hydrogens (tertiary/aromatic N) is 2. The van der Waals surface area contributed by atoms with Gasteiger partial charge in [-0.15, -0.1) is 0 Å². The SMILES string of the molecule is CCOC(=O)c1cncn1C(C)c1cc(OC)ccc1C. The molecule has 2 rings (SSSR count). The number of benzene rings is 1. The molecule has 1 aromatic carbocycles. The molecule has 1 atom stereocenters. The Kier molecular flexibility index (Phi) is 4.62. The van der Waals surface area contributed by atoms with Crippen molar-refractivity contribution < 1.29 is 14.3 Å². The van der Waals surface area contributed by atoms with Crippen molar-refractivity contribution in [3.63, 3.8) is 0 Å². The lowest BCUT2D eigenvalue weighted by Crippen LogP contribution is -2.16. The third-order valence-corrected chi connectivity index (χ3v) is 3.50. The van der Waals surface area contributed by atoms with Crippen LogP contribution in [0.4, 0.5) is 0 Å². The summed E-state index contributed by atoms with van der Waals surface area (Å²) in [5.41, 5.74) is 2.66. The molecule has 0 bridgehead atoms. The second kappa shape index (κ2) is 6.43. The van der Waals surface area contributed by atoms with Crippen molar-refractivity contribution in [2.24, 2.45) is 0 Å². The number of imidazole rings is 1. The van der Waals surface area contributed by atoms with Crippen molar-refractivity contribution in [1.82, 2.24) is 9.55 Å². The summed E-state index contributed by atoms with van der Waals surface area (Å²) in [6.07, 6.45) is 3.18. The van der Waals surface area contributed by atoms with Gasteiger partial charge in [-0.25, -0.2) is 9.78 Å². The number of hydrogen-bond acceptors (Lipinski definition) is 4. The lowest BCUT2D eigenvalue weighted by Gasteiger charge is -2.19. The molecule has 0 aliphatic heterocycles. The van der Waals surface area contributed by atoms with Crippen LogP contribution in [0.2, 0.25) is 0 Å². The minimum Gasteiger partial charge on any atom is -0.497 e. The Morgan fingerprint density at radius 2 is 2.19 bits per heavy atom. The molecule has 1 unspecified atom stereocenters. The standard InChI is InChI=1S/C16H20N2O3/c1-5-21-16(19)15-9-17-10-18(15)12(3)14-8-13(20-4)7-6-11(14)2/h6-10,12H,5H2,1-4H3.